The molecule has 184 valence electrons. The fourth-order valence-electron chi connectivity index (χ4n) is 3.44. The standard InChI is InChI=1S/C26H30N4O5/c1-26(2,3)35-25(32)27-13-14-34-20-10-7-17(8-11-20)22-15-21(24(31)18-5-6-18)29-30(22)19-9-12-23(33-4)28-16-19/h7-12,15-16,18H,5-6,13-14H2,1-4H3,(H,27,32). The van der Waals surface area contributed by atoms with Crippen molar-refractivity contribution in [2.75, 3.05) is 20.3 Å². The van der Waals surface area contributed by atoms with E-state index in [1.807, 2.05) is 57.2 Å². The third-order valence-electron chi connectivity index (χ3n) is 5.27. The zero-order chi connectivity index (χ0) is 25.0. The molecule has 3 aromatic rings. The maximum atomic E-state index is 12.7. The van der Waals surface area contributed by atoms with E-state index in [1.165, 1.54) is 0 Å². The van der Waals surface area contributed by atoms with Crippen LogP contribution in [0.25, 0.3) is 16.9 Å². The van der Waals surface area contributed by atoms with E-state index in [9.17, 15) is 9.59 Å². The van der Waals surface area contributed by atoms with Gasteiger partial charge < -0.3 is 19.5 Å². The monoisotopic (exact) mass is 478 g/mol. The Morgan fingerprint density at radius 2 is 1.86 bits per heavy atom. The second-order valence-corrected chi connectivity index (χ2v) is 9.33. The number of methoxy groups -OCH3 is 1. The second-order valence-electron chi connectivity index (χ2n) is 9.33. The van der Waals surface area contributed by atoms with Gasteiger partial charge in [0.05, 0.1) is 31.2 Å². The highest BCUT2D eigenvalue weighted by Gasteiger charge is 2.32. The zero-order valence-corrected chi connectivity index (χ0v) is 20.4. The molecule has 9 heteroatoms. The minimum absolute atomic E-state index is 0.0731. The fraction of sp³-hybridized carbons (Fsp3) is 0.385. The van der Waals surface area contributed by atoms with Gasteiger partial charge in [0.1, 0.15) is 23.7 Å². The molecule has 1 saturated carbocycles. The summed E-state index contributed by atoms with van der Waals surface area (Å²) in [5, 5.41) is 7.26. The van der Waals surface area contributed by atoms with Crippen molar-refractivity contribution in [2.24, 2.45) is 5.92 Å². The van der Waals surface area contributed by atoms with Gasteiger partial charge in [-0.15, -0.1) is 0 Å². The van der Waals surface area contributed by atoms with Crippen molar-refractivity contribution >= 4 is 11.9 Å². The van der Waals surface area contributed by atoms with Gasteiger partial charge in [-0.2, -0.15) is 5.10 Å². The van der Waals surface area contributed by atoms with Crippen LogP contribution in [0, 0.1) is 5.92 Å². The number of alkyl carbamates (subject to hydrolysis) is 1. The summed E-state index contributed by atoms with van der Waals surface area (Å²) in [5.74, 6) is 1.31. The number of amides is 1. The van der Waals surface area contributed by atoms with E-state index in [0.717, 1.165) is 29.8 Å². The third kappa shape index (κ3) is 6.38. The van der Waals surface area contributed by atoms with Gasteiger partial charge in [0.2, 0.25) is 5.88 Å². The largest absolute Gasteiger partial charge is 0.492 e. The number of carbonyl (C=O) groups excluding carboxylic acids is 2. The highest BCUT2D eigenvalue weighted by atomic mass is 16.6. The topological polar surface area (TPSA) is 105 Å². The van der Waals surface area contributed by atoms with Crippen LogP contribution in [0.3, 0.4) is 0 Å². The number of nitrogens with one attached hydrogen (secondary N) is 1. The molecule has 1 aromatic carbocycles. The lowest BCUT2D eigenvalue weighted by Gasteiger charge is -2.19. The number of ketones is 1. The minimum atomic E-state index is -0.543. The van der Waals surface area contributed by atoms with Crippen LogP contribution in [-0.4, -0.2) is 52.5 Å². The van der Waals surface area contributed by atoms with Crippen molar-refractivity contribution in [1.82, 2.24) is 20.1 Å². The van der Waals surface area contributed by atoms with E-state index in [1.54, 1.807) is 24.1 Å². The Balaban J connectivity index is 1.46. The number of hydrogen-bond donors (Lipinski definition) is 1. The number of carbonyl (C=O) groups is 2. The maximum absolute atomic E-state index is 12.7. The van der Waals surface area contributed by atoms with Crippen molar-refractivity contribution in [3.05, 3.63) is 54.4 Å². The number of hydrogen-bond acceptors (Lipinski definition) is 7. The molecule has 1 N–H and O–H groups in total. The van der Waals surface area contributed by atoms with Crippen molar-refractivity contribution < 1.29 is 23.8 Å². The smallest absolute Gasteiger partial charge is 0.407 e. The number of rotatable bonds is 9. The Morgan fingerprint density at radius 1 is 1.11 bits per heavy atom. The number of nitrogens with zero attached hydrogens (tertiary/aromatic N) is 3. The van der Waals surface area contributed by atoms with Crippen LogP contribution in [0.5, 0.6) is 11.6 Å². The molecule has 1 amide bonds. The van der Waals surface area contributed by atoms with Crippen molar-refractivity contribution in [3.8, 4) is 28.6 Å². The molecule has 1 aliphatic carbocycles. The summed E-state index contributed by atoms with van der Waals surface area (Å²) in [6.45, 7) is 6.06. The van der Waals surface area contributed by atoms with E-state index in [-0.39, 0.29) is 11.7 Å². The quantitative estimate of drug-likeness (QED) is 0.358. The fourth-order valence-corrected chi connectivity index (χ4v) is 3.44. The molecule has 2 aromatic heterocycles. The lowest BCUT2D eigenvalue weighted by molar-refractivity contribution is 0.0520. The SMILES string of the molecule is COc1ccc(-n2nc(C(=O)C3CC3)cc2-c2ccc(OCCNC(=O)OC(C)(C)C)cc2)cn1. The average molecular weight is 479 g/mol. The molecule has 35 heavy (non-hydrogen) atoms. The van der Waals surface area contributed by atoms with Crippen LogP contribution in [0.15, 0.2) is 48.7 Å². The summed E-state index contributed by atoms with van der Waals surface area (Å²) in [7, 11) is 1.56. The normalized spacial score (nSPS) is 13.3. The molecule has 0 saturated heterocycles. The number of pyridine rings is 1. The minimum Gasteiger partial charge on any atom is -0.492 e. The summed E-state index contributed by atoms with van der Waals surface area (Å²) < 4.78 is 17.8. The molecule has 0 bridgehead atoms. The summed E-state index contributed by atoms with van der Waals surface area (Å²) in [4.78, 5) is 28.7. The predicted octanol–water partition coefficient (Wildman–Crippen LogP) is 4.44. The second kappa shape index (κ2) is 10.2. The Labute approximate surface area is 204 Å². The molecule has 0 atom stereocenters. The van der Waals surface area contributed by atoms with Crippen molar-refractivity contribution in [1.29, 1.82) is 0 Å². The molecule has 0 spiro atoms. The van der Waals surface area contributed by atoms with Crippen LogP contribution in [0.4, 0.5) is 4.79 Å². The van der Waals surface area contributed by atoms with Gasteiger partial charge in [-0.05, 0) is 70.0 Å². The van der Waals surface area contributed by atoms with Gasteiger partial charge in [0.25, 0.3) is 0 Å². The lowest BCUT2D eigenvalue weighted by atomic mass is 10.1. The van der Waals surface area contributed by atoms with E-state index < -0.39 is 11.7 Å². The van der Waals surface area contributed by atoms with E-state index in [4.69, 9.17) is 14.2 Å². The highest BCUT2D eigenvalue weighted by Crippen LogP contribution is 2.34. The van der Waals surface area contributed by atoms with Crippen LogP contribution in [-0.2, 0) is 4.74 Å². The van der Waals surface area contributed by atoms with Crippen LogP contribution in [0.2, 0.25) is 0 Å². The van der Waals surface area contributed by atoms with Gasteiger partial charge >= 0.3 is 6.09 Å². The lowest BCUT2D eigenvalue weighted by Crippen LogP contribution is -2.34. The molecular formula is C26H30N4O5. The molecule has 9 nitrogen and oxygen atoms in total. The molecule has 0 unspecified atom stereocenters. The van der Waals surface area contributed by atoms with Crippen molar-refractivity contribution in [3.63, 3.8) is 0 Å². The Bertz CT molecular complexity index is 1180. The van der Waals surface area contributed by atoms with Gasteiger partial charge in [-0.25, -0.2) is 14.5 Å². The maximum Gasteiger partial charge on any atom is 0.407 e. The van der Waals surface area contributed by atoms with Gasteiger partial charge in [-0.1, -0.05) is 0 Å². The Kier molecular flexibility index (Phi) is 7.04. The van der Waals surface area contributed by atoms with Crippen LogP contribution >= 0.6 is 0 Å². The Morgan fingerprint density at radius 3 is 2.46 bits per heavy atom. The highest BCUT2D eigenvalue weighted by molar-refractivity contribution is 5.98. The van der Waals surface area contributed by atoms with Gasteiger partial charge in [0.15, 0.2) is 5.78 Å². The molecule has 1 fully saturated rings. The number of benzene rings is 1. The summed E-state index contributed by atoms with van der Waals surface area (Å²) in [6.07, 6.45) is 3.02. The molecule has 2 heterocycles. The van der Waals surface area contributed by atoms with Crippen molar-refractivity contribution in [2.45, 2.75) is 39.2 Å². The van der Waals surface area contributed by atoms with Crippen LogP contribution < -0.4 is 14.8 Å². The summed E-state index contributed by atoms with van der Waals surface area (Å²) in [5.41, 5.74) is 2.29. The summed E-state index contributed by atoms with van der Waals surface area (Å²) in [6, 6.07) is 12.9. The molecule has 0 aliphatic heterocycles. The van der Waals surface area contributed by atoms with E-state index in [2.05, 4.69) is 15.4 Å². The van der Waals surface area contributed by atoms with Crippen LogP contribution in [0.1, 0.15) is 44.1 Å². The first-order chi connectivity index (χ1) is 16.7. The molecular weight excluding hydrogens is 448 g/mol. The first-order valence-electron chi connectivity index (χ1n) is 11.6. The molecule has 4 rings (SSSR count). The van der Waals surface area contributed by atoms with Gasteiger partial charge in [-0.3, -0.25) is 4.79 Å². The number of Topliss-reactive ketones (excluding diaryl/α,β-unsaturated/α-hetero) is 1. The van der Waals surface area contributed by atoms with E-state index >= 15 is 0 Å². The molecule has 0 radical (unpaired) electrons. The Hall–Kier alpha value is -3.88. The number of ether oxygens (including phenoxy) is 3. The number of aromatic nitrogens is 3. The molecule has 1 aliphatic rings. The third-order valence-corrected chi connectivity index (χ3v) is 5.27. The predicted molar refractivity (Wildman–Crippen MR) is 130 cm³/mol. The van der Waals surface area contributed by atoms with Gasteiger partial charge in [0, 0.05) is 17.5 Å². The van der Waals surface area contributed by atoms with E-state index in [0.29, 0.717) is 30.5 Å². The summed E-state index contributed by atoms with van der Waals surface area (Å²) >= 11 is 0. The average Bonchev–Trinajstić information content (AvgIpc) is 3.59. The zero-order valence-electron chi connectivity index (χ0n) is 20.4. The first kappa shape index (κ1) is 24.3. The first-order valence-corrected chi connectivity index (χ1v) is 11.6.